The zero-order valence-electron chi connectivity index (χ0n) is 47.7. The molecule has 12 N–H and O–H groups in total. The molecule has 3 aliphatic heterocycles. The van der Waals surface area contributed by atoms with Crippen molar-refractivity contribution < 1.29 is 89.1 Å². The van der Waals surface area contributed by atoms with Crippen LogP contribution in [0.25, 0.3) is 0 Å². The molecule has 3 rings (SSSR count). The van der Waals surface area contributed by atoms with Gasteiger partial charge in [0, 0.05) is 13.3 Å². The molecule has 17 atom stereocenters. The minimum absolute atomic E-state index is 0.240. The molecule has 0 aliphatic carbocycles. The fraction of sp³-hybridized carbons (Fsp3) is 0.931. The van der Waals surface area contributed by atoms with Crippen molar-refractivity contribution in [3.8, 4) is 0 Å². The molecule has 6 unspecified atom stereocenters. The molecule has 0 aromatic heterocycles. The molecule has 0 spiro atoms. The van der Waals surface area contributed by atoms with Crippen LogP contribution in [0, 0.1) is 0 Å². The largest absolute Gasteiger partial charge is 0.394 e. The number of aliphatic hydroxyl groups excluding tert-OH is 10. The third-order valence-electron chi connectivity index (χ3n) is 15.5. The molecule has 2 amide bonds. The average molecular weight is 1120 g/mol. The normalized spacial score (nSPS) is 30.4. The number of nitrogens with one attached hydrogen (secondary N) is 2. The van der Waals surface area contributed by atoms with Gasteiger partial charge in [-0.05, 0) is 19.3 Å². The van der Waals surface area contributed by atoms with E-state index in [4.69, 9.17) is 28.4 Å². The number of ether oxygens (including phenoxy) is 6. The molecular weight excluding hydrogens is 1010 g/mol. The highest BCUT2D eigenvalue weighted by atomic mass is 16.8. The first-order valence-electron chi connectivity index (χ1n) is 30.4. The molecule has 3 fully saturated rings. The first kappa shape index (κ1) is 70.3. The van der Waals surface area contributed by atoms with Crippen molar-refractivity contribution in [2.45, 2.75) is 318 Å². The molecule has 0 aromatic rings. The van der Waals surface area contributed by atoms with Gasteiger partial charge >= 0.3 is 0 Å². The van der Waals surface area contributed by atoms with Crippen molar-refractivity contribution in [3.05, 3.63) is 12.2 Å². The Hall–Kier alpha value is -1.96. The summed E-state index contributed by atoms with van der Waals surface area (Å²) in [6.07, 6.45) is 13.6. The first-order chi connectivity index (χ1) is 37.7. The summed E-state index contributed by atoms with van der Waals surface area (Å²) in [6, 6.07) is -2.45. The monoisotopic (exact) mass is 1120 g/mol. The maximum Gasteiger partial charge on any atom is 0.220 e. The van der Waals surface area contributed by atoms with Gasteiger partial charge in [-0.15, -0.1) is 0 Å². The minimum Gasteiger partial charge on any atom is -0.394 e. The smallest absolute Gasteiger partial charge is 0.220 e. The molecule has 0 radical (unpaired) electrons. The van der Waals surface area contributed by atoms with Gasteiger partial charge in [-0.25, -0.2) is 0 Å². The van der Waals surface area contributed by atoms with Crippen molar-refractivity contribution in [3.63, 3.8) is 0 Å². The predicted molar refractivity (Wildman–Crippen MR) is 294 cm³/mol. The van der Waals surface area contributed by atoms with E-state index in [-0.39, 0.29) is 18.9 Å². The van der Waals surface area contributed by atoms with Gasteiger partial charge in [0.15, 0.2) is 18.9 Å². The van der Waals surface area contributed by atoms with Crippen LogP contribution >= 0.6 is 0 Å². The zero-order valence-corrected chi connectivity index (χ0v) is 47.7. The SMILES string of the molecule is CCCCCCCCCCCCC/C=C/[C@@H](O)[C@H](CO[C@@H]1OC(CO)[C@@H](O[C@@H]2OC(CO)[C@H](O)[C@H](O[C@@H]3OC(CO)[C@@H](O)[C@H](O)C3NC(C)=O)C2O)[C@H](O)C1O)NC(=O)CCCCCCCCCCCCCCCCCCC. The van der Waals surface area contributed by atoms with Crippen molar-refractivity contribution in [2.75, 3.05) is 26.4 Å². The molecule has 0 saturated carbocycles. The number of hydrogen-bond donors (Lipinski definition) is 12. The number of amides is 2. The predicted octanol–water partition coefficient (Wildman–Crippen LogP) is 4.74. The first-order valence-corrected chi connectivity index (χ1v) is 30.4. The summed E-state index contributed by atoms with van der Waals surface area (Å²) in [7, 11) is 0. The number of rotatable bonds is 44. The third-order valence-corrected chi connectivity index (χ3v) is 15.5. The Morgan fingerprint density at radius 2 is 0.936 bits per heavy atom. The number of aliphatic hydroxyl groups is 10. The van der Waals surface area contributed by atoms with Gasteiger partial charge in [0.25, 0.3) is 0 Å². The zero-order chi connectivity index (χ0) is 57.1. The van der Waals surface area contributed by atoms with Crippen LogP contribution in [-0.4, -0.2) is 194 Å². The van der Waals surface area contributed by atoms with E-state index in [1.54, 1.807) is 6.08 Å². The number of carbonyl (C=O) groups is 2. The van der Waals surface area contributed by atoms with Gasteiger partial charge < -0.3 is 90.1 Å². The van der Waals surface area contributed by atoms with E-state index in [1.165, 1.54) is 135 Å². The summed E-state index contributed by atoms with van der Waals surface area (Å²) in [4.78, 5) is 25.4. The van der Waals surface area contributed by atoms with Crippen LogP contribution in [0.15, 0.2) is 12.2 Å². The second-order valence-corrected chi connectivity index (χ2v) is 22.2. The summed E-state index contributed by atoms with van der Waals surface area (Å²) in [5.74, 6) is -0.943. The number of allylic oxidation sites excluding steroid dienone is 1. The maximum absolute atomic E-state index is 13.3. The molecule has 20 nitrogen and oxygen atoms in total. The Morgan fingerprint density at radius 1 is 0.500 bits per heavy atom. The molecule has 0 aromatic carbocycles. The van der Waals surface area contributed by atoms with E-state index in [9.17, 15) is 60.7 Å². The van der Waals surface area contributed by atoms with Gasteiger partial charge in [0.1, 0.15) is 73.2 Å². The van der Waals surface area contributed by atoms with Crippen molar-refractivity contribution in [2.24, 2.45) is 0 Å². The van der Waals surface area contributed by atoms with E-state index in [2.05, 4.69) is 24.5 Å². The molecule has 458 valence electrons. The summed E-state index contributed by atoms with van der Waals surface area (Å²) in [5.41, 5.74) is 0. The fourth-order valence-electron chi connectivity index (χ4n) is 10.6. The Morgan fingerprint density at radius 3 is 1.42 bits per heavy atom. The van der Waals surface area contributed by atoms with E-state index in [0.717, 1.165) is 51.9 Å². The lowest BCUT2D eigenvalue weighted by atomic mass is 9.95. The second kappa shape index (κ2) is 41.9. The highest BCUT2D eigenvalue weighted by Gasteiger charge is 2.54. The summed E-state index contributed by atoms with van der Waals surface area (Å²) >= 11 is 0. The summed E-state index contributed by atoms with van der Waals surface area (Å²) < 4.78 is 34.9. The van der Waals surface area contributed by atoms with Crippen molar-refractivity contribution >= 4 is 11.8 Å². The highest BCUT2D eigenvalue weighted by molar-refractivity contribution is 5.76. The Kier molecular flexibility index (Phi) is 37.8. The molecular formula is C58H108N2O18. The maximum atomic E-state index is 13.3. The number of unbranched alkanes of at least 4 members (excludes halogenated alkanes) is 27. The molecule has 78 heavy (non-hydrogen) atoms. The van der Waals surface area contributed by atoms with Crippen LogP contribution in [0.5, 0.6) is 0 Å². The topological polar surface area (TPSA) is 316 Å². The van der Waals surface area contributed by atoms with Gasteiger partial charge in [-0.3, -0.25) is 9.59 Å². The molecule has 0 bridgehead atoms. The summed E-state index contributed by atoms with van der Waals surface area (Å²) in [6.45, 7) is 2.79. The van der Waals surface area contributed by atoms with Crippen LogP contribution in [0.4, 0.5) is 0 Å². The molecule has 20 heteroatoms. The lowest BCUT2D eigenvalue weighted by Crippen LogP contribution is -2.68. The van der Waals surface area contributed by atoms with E-state index < -0.39 is 130 Å². The fourth-order valence-corrected chi connectivity index (χ4v) is 10.6. The Labute approximate surface area is 466 Å². The number of hydrogen-bond acceptors (Lipinski definition) is 18. The van der Waals surface area contributed by atoms with Crippen LogP contribution in [0.1, 0.15) is 213 Å². The quantitative estimate of drug-likeness (QED) is 0.0290. The van der Waals surface area contributed by atoms with E-state index >= 15 is 0 Å². The van der Waals surface area contributed by atoms with Crippen LogP contribution in [0.3, 0.4) is 0 Å². The highest BCUT2D eigenvalue weighted by Crippen LogP contribution is 2.33. The summed E-state index contributed by atoms with van der Waals surface area (Å²) in [5, 5.41) is 114. The Balaban J connectivity index is 1.57. The van der Waals surface area contributed by atoms with Crippen molar-refractivity contribution in [1.82, 2.24) is 10.6 Å². The van der Waals surface area contributed by atoms with Gasteiger partial charge in [-0.2, -0.15) is 0 Å². The molecule has 3 aliphatic rings. The van der Waals surface area contributed by atoms with Crippen LogP contribution in [-0.2, 0) is 38.0 Å². The lowest BCUT2D eigenvalue weighted by Gasteiger charge is -2.48. The van der Waals surface area contributed by atoms with Crippen LogP contribution in [0.2, 0.25) is 0 Å². The Bertz CT molecular complexity index is 1550. The van der Waals surface area contributed by atoms with Crippen LogP contribution < -0.4 is 10.6 Å². The third kappa shape index (κ3) is 26.1. The molecule has 3 saturated heterocycles. The van der Waals surface area contributed by atoms with Gasteiger partial charge in [0.2, 0.25) is 11.8 Å². The van der Waals surface area contributed by atoms with Gasteiger partial charge in [0.05, 0.1) is 38.6 Å². The minimum atomic E-state index is -1.98. The number of carbonyl (C=O) groups excluding carboxylic acids is 2. The van der Waals surface area contributed by atoms with Crippen molar-refractivity contribution in [1.29, 1.82) is 0 Å². The van der Waals surface area contributed by atoms with Gasteiger partial charge in [-0.1, -0.05) is 193 Å². The molecule has 3 heterocycles. The average Bonchev–Trinajstić information content (AvgIpc) is 3.46. The van der Waals surface area contributed by atoms with E-state index in [1.807, 2.05) is 6.08 Å². The lowest BCUT2D eigenvalue weighted by molar-refractivity contribution is -0.375. The van der Waals surface area contributed by atoms with E-state index in [0.29, 0.717) is 6.42 Å². The second-order valence-electron chi connectivity index (χ2n) is 22.2. The standard InChI is InChI=1S/C58H108N2O18/c1-4-6-8-10-12-14-16-18-19-20-21-23-25-27-29-31-33-35-46(66)60-41(42(65)34-32-30-28-26-24-22-17-15-13-11-9-7-5-2)39-73-57-52(71)51(70)54(45(38-63)76-57)77-58-53(72)55(49(68)44(37-62)75-58)78-56-47(59-40(3)64)50(69)48(67)43(36-61)74-56/h32,34,41-45,47-58,61-63,65,67-72H,4-31,33,35-39H2,1-3H3,(H,59,64)(H,60,66)/b34-32+/t41-,42+,43?,44?,45?,47?,48+,49-,50+,51+,52?,53?,54+,55-,56-,57+,58-/m0/s1.